The van der Waals surface area contributed by atoms with E-state index in [1.807, 2.05) is 22.7 Å². The molecule has 4 heteroatoms. The maximum absolute atomic E-state index is 2.47. The number of fused-ring (bicyclic) bond motifs is 12. The van der Waals surface area contributed by atoms with Gasteiger partial charge in [-0.15, -0.1) is 22.7 Å². The Bertz CT molecular complexity index is 3550. The molecule has 0 fully saturated rings. The van der Waals surface area contributed by atoms with E-state index in [1.165, 1.54) is 118 Å². The van der Waals surface area contributed by atoms with Crippen molar-refractivity contribution in [2.75, 3.05) is 0 Å². The van der Waals surface area contributed by atoms with Gasteiger partial charge in [0.1, 0.15) is 0 Å². The molecule has 0 spiro atoms. The fourth-order valence-corrected chi connectivity index (χ4v) is 11.8. The average Bonchev–Trinajstić information content (AvgIpc) is 4.04. The first-order chi connectivity index (χ1) is 28.8. The first-order valence-corrected chi connectivity index (χ1v) is 21.4. The second-order valence-corrected chi connectivity index (χ2v) is 17.4. The molecule has 0 saturated carbocycles. The molecule has 0 amide bonds. The van der Waals surface area contributed by atoms with Crippen LogP contribution in [0.1, 0.15) is 0 Å². The highest BCUT2D eigenvalue weighted by Crippen LogP contribution is 2.44. The number of hydrogen-bond donors (Lipinski definition) is 0. The Balaban J connectivity index is 0.916. The van der Waals surface area contributed by atoms with Gasteiger partial charge in [0.05, 0.1) is 33.4 Å². The van der Waals surface area contributed by atoms with Gasteiger partial charge in [0.25, 0.3) is 0 Å². The Labute approximate surface area is 341 Å². The molecule has 0 N–H and O–H groups in total. The molecule has 58 heavy (non-hydrogen) atoms. The number of rotatable bonds is 4. The number of hydrogen-bond acceptors (Lipinski definition) is 2. The lowest BCUT2D eigenvalue weighted by Crippen LogP contribution is -1.94. The van der Waals surface area contributed by atoms with Gasteiger partial charge < -0.3 is 9.13 Å². The zero-order valence-corrected chi connectivity index (χ0v) is 32.8. The van der Waals surface area contributed by atoms with Crippen LogP contribution in [0.3, 0.4) is 0 Å². The van der Waals surface area contributed by atoms with Crippen molar-refractivity contribution in [1.82, 2.24) is 9.13 Å². The molecule has 0 radical (unpaired) electrons. The molecule has 2 nitrogen and oxygen atoms in total. The van der Waals surface area contributed by atoms with Crippen molar-refractivity contribution < 1.29 is 0 Å². The van der Waals surface area contributed by atoms with Gasteiger partial charge in [-0.05, 0) is 95.1 Å². The Hall–Kier alpha value is -6.98. The zero-order valence-electron chi connectivity index (χ0n) is 31.2. The van der Waals surface area contributed by atoms with Crippen LogP contribution in [0.25, 0.3) is 118 Å². The van der Waals surface area contributed by atoms with Gasteiger partial charge >= 0.3 is 0 Å². The normalized spacial score (nSPS) is 12.1. The number of nitrogens with zero attached hydrogens (tertiary/aromatic N) is 2. The molecule has 0 bridgehead atoms. The van der Waals surface area contributed by atoms with E-state index >= 15 is 0 Å². The number of para-hydroxylation sites is 2. The molecule has 0 aliphatic carbocycles. The summed E-state index contributed by atoms with van der Waals surface area (Å²) in [5, 5.41) is 10.3. The molecule has 13 rings (SSSR count). The van der Waals surface area contributed by atoms with Crippen LogP contribution in [-0.2, 0) is 0 Å². The van der Waals surface area contributed by atoms with E-state index in [2.05, 4.69) is 203 Å². The van der Waals surface area contributed by atoms with Crippen LogP contribution in [0.2, 0.25) is 0 Å². The molecule has 4 heterocycles. The third-order valence-electron chi connectivity index (χ3n) is 12.1. The lowest BCUT2D eigenvalue weighted by atomic mass is 9.98. The molecule has 13 aromatic rings. The fraction of sp³-hybridized carbons (Fsp3) is 0. The highest BCUT2D eigenvalue weighted by Gasteiger charge is 2.19. The van der Waals surface area contributed by atoms with Crippen molar-refractivity contribution in [2.24, 2.45) is 0 Å². The summed E-state index contributed by atoms with van der Waals surface area (Å²) in [4.78, 5) is 0. The quantitative estimate of drug-likeness (QED) is 0.169. The van der Waals surface area contributed by atoms with E-state index in [-0.39, 0.29) is 0 Å². The molecular formula is C54H32N2S2. The first kappa shape index (κ1) is 32.1. The fourth-order valence-electron chi connectivity index (χ4n) is 9.56. The molecule has 0 unspecified atom stereocenters. The van der Waals surface area contributed by atoms with E-state index in [1.54, 1.807) is 0 Å². The highest BCUT2D eigenvalue weighted by molar-refractivity contribution is 7.26. The SMILES string of the molecule is c1ccc2c(c1)sc1cccc(-n3c4ccccc4c4cc(-c5ccc(-c6ccc7c(c6)c6ccccc6n7-c6cccc7sc8ccccc8c67)cc5)ccc43)c12. The summed E-state index contributed by atoms with van der Waals surface area (Å²) in [7, 11) is 0. The molecule has 4 aromatic heterocycles. The Morgan fingerprint density at radius 1 is 0.259 bits per heavy atom. The number of aromatic nitrogens is 2. The molecule has 0 aliphatic heterocycles. The number of thiophene rings is 2. The minimum absolute atomic E-state index is 1.21. The number of benzene rings is 9. The van der Waals surface area contributed by atoms with E-state index in [4.69, 9.17) is 0 Å². The van der Waals surface area contributed by atoms with Crippen LogP contribution < -0.4 is 0 Å². The van der Waals surface area contributed by atoms with Gasteiger partial charge in [-0.25, -0.2) is 0 Å². The smallest absolute Gasteiger partial charge is 0.0555 e. The highest BCUT2D eigenvalue weighted by atomic mass is 32.1. The van der Waals surface area contributed by atoms with Gasteiger partial charge in [-0.3, -0.25) is 0 Å². The van der Waals surface area contributed by atoms with E-state index in [0.29, 0.717) is 0 Å². The molecular weight excluding hydrogens is 741 g/mol. The van der Waals surface area contributed by atoms with Gasteiger partial charge in [0.2, 0.25) is 0 Å². The van der Waals surface area contributed by atoms with Crippen LogP contribution in [0.4, 0.5) is 0 Å². The first-order valence-electron chi connectivity index (χ1n) is 19.8. The third kappa shape index (κ3) is 4.58. The van der Waals surface area contributed by atoms with Crippen molar-refractivity contribution in [1.29, 1.82) is 0 Å². The van der Waals surface area contributed by atoms with E-state index < -0.39 is 0 Å². The standard InChI is InChI=1S/C54H32N2S2/c1-5-15-43-37(11-1)41-31-35(27-29-45(41)55(43)47-17-9-21-51-53(47)39-13-3-7-19-49(39)57-51)33-23-25-34(26-24-33)36-28-30-46-42(32-36)38-12-2-6-16-44(38)56(46)48-18-10-22-52-54(48)40-14-4-8-20-50(40)58-52/h1-32H. The summed E-state index contributed by atoms with van der Waals surface area (Å²) < 4.78 is 10.2. The summed E-state index contributed by atoms with van der Waals surface area (Å²) >= 11 is 3.74. The average molecular weight is 773 g/mol. The molecule has 0 atom stereocenters. The monoisotopic (exact) mass is 772 g/mol. The van der Waals surface area contributed by atoms with E-state index in [0.717, 1.165) is 0 Å². The van der Waals surface area contributed by atoms with Gasteiger partial charge in [0.15, 0.2) is 0 Å². The van der Waals surface area contributed by atoms with Crippen molar-refractivity contribution >= 4 is 107 Å². The maximum atomic E-state index is 2.47. The van der Waals surface area contributed by atoms with Crippen LogP contribution in [0.15, 0.2) is 194 Å². The van der Waals surface area contributed by atoms with Crippen LogP contribution in [0, 0.1) is 0 Å². The molecule has 0 saturated heterocycles. The molecule has 9 aromatic carbocycles. The van der Waals surface area contributed by atoms with Crippen molar-refractivity contribution in [3.05, 3.63) is 194 Å². The molecule has 270 valence electrons. The van der Waals surface area contributed by atoms with Crippen LogP contribution in [0.5, 0.6) is 0 Å². The lowest BCUT2D eigenvalue weighted by Gasteiger charge is -2.11. The Kier molecular flexibility index (Phi) is 6.79. The lowest BCUT2D eigenvalue weighted by molar-refractivity contribution is 1.20. The second kappa shape index (κ2) is 12.3. The Morgan fingerprint density at radius 3 is 1.09 bits per heavy atom. The predicted octanol–water partition coefficient (Wildman–Crippen LogP) is 16.0. The van der Waals surface area contributed by atoms with Crippen LogP contribution >= 0.6 is 22.7 Å². The summed E-state index contributed by atoms with van der Waals surface area (Å²) in [6, 6.07) is 71.8. The largest absolute Gasteiger partial charge is 0.309 e. The zero-order chi connectivity index (χ0) is 37.9. The summed E-state index contributed by atoms with van der Waals surface area (Å²) in [5.41, 5.74) is 12.2. The second-order valence-electron chi connectivity index (χ2n) is 15.2. The third-order valence-corrected chi connectivity index (χ3v) is 14.4. The summed E-state index contributed by atoms with van der Waals surface area (Å²) in [5.74, 6) is 0. The Morgan fingerprint density at radius 2 is 0.621 bits per heavy atom. The summed E-state index contributed by atoms with van der Waals surface area (Å²) in [6.07, 6.45) is 0. The van der Waals surface area contributed by atoms with Crippen molar-refractivity contribution in [2.45, 2.75) is 0 Å². The van der Waals surface area contributed by atoms with Gasteiger partial charge in [-0.2, -0.15) is 0 Å². The van der Waals surface area contributed by atoms with E-state index in [9.17, 15) is 0 Å². The van der Waals surface area contributed by atoms with Crippen molar-refractivity contribution in [3.63, 3.8) is 0 Å². The minimum atomic E-state index is 1.21. The van der Waals surface area contributed by atoms with Gasteiger partial charge in [-0.1, -0.05) is 121 Å². The topological polar surface area (TPSA) is 9.86 Å². The minimum Gasteiger partial charge on any atom is -0.309 e. The summed E-state index contributed by atoms with van der Waals surface area (Å²) in [6.45, 7) is 0. The molecule has 0 aliphatic rings. The maximum Gasteiger partial charge on any atom is 0.0555 e. The van der Waals surface area contributed by atoms with Crippen LogP contribution in [-0.4, -0.2) is 9.13 Å². The van der Waals surface area contributed by atoms with Crippen molar-refractivity contribution in [3.8, 4) is 33.6 Å². The predicted molar refractivity (Wildman–Crippen MR) is 252 cm³/mol. The van der Waals surface area contributed by atoms with Gasteiger partial charge in [0, 0.05) is 61.9 Å².